The first kappa shape index (κ1) is 26.9. The molecule has 2 aliphatic heterocycles. The molecule has 0 unspecified atom stereocenters. The van der Waals surface area contributed by atoms with E-state index in [1.807, 2.05) is 0 Å². The van der Waals surface area contributed by atoms with Crippen LogP contribution in [-0.4, -0.2) is 103 Å². The molecule has 1 saturated carbocycles. The Morgan fingerprint density at radius 3 is 2.67 bits per heavy atom. The molecule has 2 aromatic heterocycles. The number of hydrogen-bond donors (Lipinski definition) is 6. The zero-order chi connectivity index (χ0) is 27.9. The number of amides is 2. The number of carboxylic acid groups (broad SMARTS) is 1. The molecule has 0 radical (unpaired) electrons. The highest BCUT2D eigenvalue weighted by atomic mass is 32.2. The van der Waals surface area contributed by atoms with E-state index in [0.717, 1.165) is 29.2 Å². The Morgan fingerprint density at radius 1 is 1.36 bits per heavy atom. The lowest BCUT2D eigenvalue weighted by molar-refractivity contribution is -0.153. The summed E-state index contributed by atoms with van der Waals surface area (Å²) in [6.45, 7) is 1.77. The van der Waals surface area contributed by atoms with Crippen LogP contribution in [0.3, 0.4) is 0 Å². The van der Waals surface area contributed by atoms with E-state index in [1.165, 1.54) is 11.6 Å². The summed E-state index contributed by atoms with van der Waals surface area (Å²) in [6, 6.07) is -2.41. The Bertz CT molecular complexity index is 1430. The minimum atomic E-state index is -4.97. The van der Waals surface area contributed by atoms with Gasteiger partial charge in [0, 0.05) is 43.9 Å². The third-order valence-corrected chi connectivity index (χ3v) is 8.00. The minimum absolute atomic E-state index is 0.0429. The molecule has 1 aliphatic carbocycles. The summed E-state index contributed by atoms with van der Waals surface area (Å²) in [5.41, 5.74) is 4.13. The zero-order valence-corrected chi connectivity index (χ0v) is 21.7. The van der Waals surface area contributed by atoms with Crippen molar-refractivity contribution in [2.45, 2.75) is 49.7 Å². The Labute approximate surface area is 224 Å². The van der Waals surface area contributed by atoms with E-state index < -0.39 is 51.5 Å². The number of carbonyl (C=O) groups is 3. The van der Waals surface area contributed by atoms with E-state index in [9.17, 15) is 32.5 Å². The number of carbonyl (C=O) groups excluding carboxylic acids is 2. The fourth-order valence-corrected chi connectivity index (χ4v) is 5.31. The Hall–Kier alpha value is -3.72. The maximum Gasteiger partial charge on any atom is 0.362 e. The van der Waals surface area contributed by atoms with E-state index in [2.05, 4.69) is 36.3 Å². The van der Waals surface area contributed by atoms with Crippen molar-refractivity contribution in [3.63, 3.8) is 0 Å². The van der Waals surface area contributed by atoms with Gasteiger partial charge in [-0.25, -0.2) is 14.1 Å². The van der Waals surface area contributed by atoms with Gasteiger partial charge in [-0.05, 0) is 0 Å². The average Bonchev–Trinajstić information content (AvgIpc) is 3.30. The Morgan fingerprint density at radius 2 is 2.10 bits per heavy atom. The lowest BCUT2D eigenvalue weighted by atomic mass is 9.98. The number of rotatable bonds is 12. The van der Waals surface area contributed by atoms with Crippen LogP contribution in [0.2, 0.25) is 0 Å². The summed E-state index contributed by atoms with van der Waals surface area (Å²) in [7, 11) is -4.97. The van der Waals surface area contributed by atoms with Gasteiger partial charge in [0.1, 0.15) is 17.8 Å². The van der Waals surface area contributed by atoms with Gasteiger partial charge in [-0.3, -0.25) is 14.1 Å². The monoisotopic (exact) mass is 584 g/mol. The second-order valence-electron chi connectivity index (χ2n) is 9.16. The highest BCUT2D eigenvalue weighted by Gasteiger charge is 2.56. The van der Waals surface area contributed by atoms with Crippen LogP contribution in [0.25, 0.3) is 0 Å². The van der Waals surface area contributed by atoms with Crippen LogP contribution in [0.15, 0.2) is 16.7 Å². The molecule has 2 amide bonds. The van der Waals surface area contributed by atoms with Crippen molar-refractivity contribution in [1.29, 1.82) is 0 Å². The average molecular weight is 585 g/mol. The molecular formula is C19H24N10O8S2. The van der Waals surface area contributed by atoms with Crippen molar-refractivity contribution < 1.29 is 37.3 Å². The summed E-state index contributed by atoms with van der Waals surface area (Å²) < 4.78 is 33.6. The molecule has 39 heavy (non-hydrogen) atoms. The number of anilines is 1. The summed E-state index contributed by atoms with van der Waals surface area (Å²) in [5.74, 6) is -3.37. The predicted octanol–water partition coefficient (Wildman–Crippen LogP) is -3.09. The van der Waals surface area contributed by atoms with Crippen molar-refractivity contribution in [1.82, 2.24) is 40.2 Å². The summed E-state index contributed by atoms with van der Waals surface area (Å²) in [5, 5.41) is 31.6. The fourth-order valence-electron chi connectivity index (χ4n) is 3.89. The summed E-state index contributed by atoms with van der Waals surface area (Å²) in [4.78, 5) is 47.5. The summed E-state index contributed by atoms with van der Waals surface area (Å²) in [6.07, 6.45) is 1.83. The van der Waals surface area contributed by atoms with Crippen LogP contribution < -0.4 is 21.7 Å². The molecule has 7 N–H and O–H groups in total. The molecule has 210 valence electrons. The topological polar surface area (TPSA) is 256 Å². The molecule has 2 atom stereocenters. The number of nitrogens with zero attached hydrogens (tertiary/aromatic N) is 6. The quantitative estimate of drug-likeness (QED) is 0.0626. The fraction of sp³-hybridized carbons (Fsp3) is 0.526. The van der Waals surface area contributed by atoms with Gasteiger partial charge in [-0.1, -0.05) is 5.16 Å². The van der Waals surface area contributed by atoms with Gasteiger partial charge in [0.15, 0.2) is 10.8 Å². The molecule has 4 heterocycles. The number of aliphatic carboxylic acids is 1. The second-order valence-corrected chi connectivity index (χ2v) is 11.3. The lowest BCUT2D eigenvalue weighted by Gasteiger charge is -2.43. The number of thiazole rings is 1. The molecule has 18 nitrogen and oxygen atoms in total. The highest BCUT2D eigenvalue weighted by Crippen LogP contribution is 2.40. The lowest BCUT2D eigenvalue weighted by Crippen LogP contribution is -2.73. The molecule has 0 spiro atoms. The highest BCUT2D eigenvalue weighted by molar-refractivity contribution is 7.84. The van der Waals surface area contributed by atoms with E-state index in [4.69, 9.17) is 10.6 Å². The Balaban J connectivity index is 1.33. The largest absolute Gasteiger partial charge is 0.478 e. The second kappa shape index (κ2) is 10.1. The number of nitrogens with two attached hydrogens (primary N) is 1. The van der Waals surface area contributed by atoms with Crippen molar-refractivity contribution in [2.24, 2.45) is 5.16 Å². The first-order valence-electron chi connectivity index (χ1n) is 11.6. The number of oxime groups is 1. The van der Waals surface area contributed by atoms with Gasteiger partial charge in [-0.15, -0.1) is 11.3 Å². The van der Waals surface area contributed by atoms with Crippen LogP contribution >= 0.6 is 11.3 Å². The molecule has 0 aromatic carbocycles. The molecule has 20 heteroatoms. The van der Waals surface area contributed by atoms with E-state index in [-0.39, 0.29) is 34.5 Å². The van der Waals surface area contributed by atoms with Crippen molar-refractivity contribution >= 4 is 50.3 Å². The standard InChI is InChI=1S/C19H24N10O8S2/c20-18-24-11(8-38-18)13(27-37-19(1-2-19)17(32)33)15(30)25-14-12(29(16(14)31)39(34,35)36)7-28-23-6-10(26-28)5-22-9-3-21-4-9/h6,8-9,12,14,21-22H,1-5,7H2,(H2,20,24)(H,25,30)(H,32,33)(H,34,35,36)/t12-,14+/m1/s1. The van der Waals surface area contributed by atoms with Gasteiger partial charge >= 0.3 is 16.3 Å². The third-order valence-electron chi connectivity index (χ3n) is 6.38. The molecule has 3 fully saturated rings. The molecular weight excluding hydrogens is 560 g/mol. The predicted molar refractivity (Wildman–Crippen MR) is 131 cm³/mol. The summed E-state index contributed by atoms with van der Waals surface area (Å²) >= 11 is 0.982. The van der Waals surface area contributed by atoms with Crippen molar-refractivity contribution in [2.75, 3.05) is 18.8 Å². The van der Waals surface area contributed by atoms with Crippen molar-refractivity contribution in [3.05, 3.63) is 23.0 Å². The van der Waals surface area contributed by atoms with Crippen LogP contribution in [-0.2, 0) is 42.6 Å². The van der Waals surface area contributed by atoms with Crippen LogP contribution in [0.5, 0.6) is 0 Å². The smallest absolute Gasteiger partial charge is 0.362 e. The van der Waals surface area contributed by atoms with Crippen LogP contribution in [0.4, 0.5) is 5.13 Å². The number of nitrogens with one attached hydrogen (secondary N) is 3. The number of β-lactam (4-membered cyclic amide) rings is 1. The van der Waals surface area contributed by atoms with Gasteiger partial charge < -0.3 is 31.6 Å². The van der Waals surface area contributed by atoms with E-state index in [0.29, 0.717) is 18.3 Å². The zero-order valence-electron chi connectivity index (χ0n) is 20.1. The normalized spacial score (nSPS) is 22.6. The number of hydrogen-bond acceptors (Lipinski definition) is 14. The molecule has 3 aliphatic rings. The number of aromatic nitrogens is 4. The van der Waals surface area contributed by atoms with Gasteiger partial charge in [-0.2, -0.15) is 23.4 Å². The van der Waals surface area contributed by atoms with Gasteiger partial charge in [0.2, 0.25) is 5.60 Å². The third kappa shape index (κ3) is 5.54. The first-order chi connectivity index (χ1) is 18.5. The van der Waals surface area contributed by atoms with Crippen molar-refractivity contribution in [3.8, 4) is 0 Å². The van der Waals surface area contributed by atoms with Crippen LogP contribution in [0, 0.1) is 0 Å². The minimum Gasteiger partial charge on any atom is -0.478 e. The maximum absolute atomic E-state index is 13.2. The van der Waals surface area contributed by atoms with Gasteiger partial charge in [0.05, 0.1) is 18.4 Å². The number of nitrogen functional groups attached to an aromatic ring is 1. The molecule has 5 rings (SSSR count). The van der Waals surface area contributed by atoms with E-state index >= 15 is 0 Å². The molecule has 2 aromatic rings. The van der Waals surface area contributed by atoms with E-state index in [1.54, 1.807) is 0 Å². The maximum atomic E-state index is 13.2. The first-order valence-corrected chi connectivity index (χ1v) is 13.9. The SMILES string of the molecule is Nc1nc(C(=NOC2(C(=O)O)CC2)C(=O)N[C@@H]2C(=O)N(S(=O)(=O)O)[C@@H]2Cn2ncc(CNC3CNC3)n2)cs1. The van der Waals surface area contributed by atoms with Gasteiger partial charge in [0.25, 0.3) is 11.8 Å². The number of carboxylic acids is 1. The molecule has 2 saturated heterocycles. The molecule has 0 bridgehead atoms. The Kier molecular flexibility index (Phi) is 6.97. The van der Waals surface area contributed by atoms with Crippen LogP contribution in [0.1, 0.15) is 24.2 Å².